The van der Waals surface area contributed by atoms with Crippen molar-refractivity contribution in [2.45, 2.75) is 0 Å². The summed E-state index contributed by atoms with van der Waals surface area (Å²) in [5.74, 6) is -3.11. The second-order valence-electron chi connectivity index (χ2n) is 4.69. The minimum atomic E-state index is -0.898. The first-order valence-corrected chi connectivity index (χ1v) is 6.76. The van der Waals surface area contributed by atoms with Crippen LogP contribution in [0, 0.1) is 5.82 Å². The molecule has 0 atom stereocenters. The van der Waals surface area contributed by atoms with Gasteiger partial charge in [0.25, 0.3) is 0 Å². The molecule has 0 fully saturated rings. The molecule has 1 heterocycles. The maximum absolute atomic E-state index is 13.5. The summed E-state index contributed by atoms with van der Waals surface area (Å²) in [6.07, 6.45) is 0. The van der Waals surface area contributed by atoms with Crippen LogP contribution in [0.1, 0.15) is 0 Å². The van der Waals surface area contributed by atoms with Gasteiger partial charge in [-0.1, -0.05) is 0 Å². The van der Waals surface area contributed by atoms with E-state index in [0.29, 0.717) is 0 Å². The summed E-state index contributed by atoms with van der Waals surface area (Å²) < 4.78 is 33.3. The average Bonchev–Trinajstić information content (AvgIpc) is 2.61. The van der Waals surface area contributed by atoms with E-state index in [0.717, 1.165) is 26.4 Å². The van der Waals surface area contributed by atoms with Crippen LogP contribution >= 0.6 is 0 Å². The zero-order valence-corrected chi connectivity index (χ0v) is 13.3. The Kier molecular flexibility index (Phi) is 5.24. The molecule has 0 amide bonds. The fraction of sp³-hybridized carbons (Fsp3) is 0.333. The van der Waals surface area contributed by atoms with E-state index < -0.39 is 23.5 Å². The van der Waals surface area contributed by atoms with Crippen molar-refractivity contribution in [3.63, 3.8) is 0 Å². The molecule has 0 saturated heterocycles. The third-order valence-electron chi connectivity index (χ3n) is 3.37. The van der Waals surface area contributed by atoms with Gasteiger partial charge in [-0.3, -0.25) is 0 Å². The zero-order chi connectivity index (χ0) is 17.9. The molecule has 24 heavy (non-hydrogen) atoms. The molecule has 0 bridgehead atoms. The molecular formula is C15H16FNO7. The smallest absolute Gasteiger partial charge is 0.355 e. The first kappa shape index (κ1) is 17.5. The third kappa shape index (κ3) is 3.11. The van der Waals surface area contributed by atoms with Crippen molar-refractivity contribution in [2.24, 2.45) is 0 Å². The SMILES string of the molecule is COC(=O)C1=C(C(=O)OC)N(c2cc(O)c(F)cc2OC)COC1. The largest absolute Gasteiger partial charge is 0.505 e. The number of aromatic hydroxyl groups is 1. The molecule has 1 aromatic rings. The summed E-state index contributed by atoms with van der Waals surface area (Å²) in [6, 6.07) is 2.01. The number of phenolic OH excluding ortho intramolecular Hbond substituents is 1. The number of benzene rings is 1. The van der Waals surface area contributed by atoms with E-state index in [4.69, 9.17) is 14.2 Å². The Morgan fingerprint density at radius 2 is 1.88 bits per heavy atom. The fourth-order valence-electron chi connectivity index (χ4n) is 2.24. The van der Waals surface area contributed by atoms with Crippen LogP contribution in [-0.4, -0.2) is 51.7 Å². The molecule has 1 aliphatic heterocycles. The normalized spacial score (nSPS) is 14.4. The second-order valence-corrected chi connectivity index (χ2v) is 4.69. The molecule has 0 unspecified atom stereocenters. The van der Waals surface area contributed by atoms with Gasteiger partial charge >= 0.3 is 11.9 Å². The van der Waals surface area contributed by atoms with Crippen LogP contribution in [0.2, 0.25) is 0 Å². The Morgan fingerprint density at radius 1 is 1.21 bits per heavy atom. The quantitative estimate of drug-likeness (QED) is 0.809. The molecule has 0 aromatic heterocycles. The molecule has 9 heteroatoms. The number of phenols is 1. The Balaban J connectivity index is 2.65. The number of nitrogens with zero attached hydrogens (tertiary/aromatic N) is 1. The number of hydrogen-bond donors (Lipinski definition) is 1. The van der Waals surface area contributed by atoms with Crippen LogP contribution in [0.25, 0.3) is 0 Å². The Morgan fingerprint density at radius 3 is 2.46 bits per heavy atom. The van der Waals surface area contributed by atoms with Crippen LogP contribution in [-0.2, 0) is 23.8 Å². The van der Waals surface area contributed by atoms with Crippen molar-refractivity contribution in [3.8, 4) is 11.5 Å². The number of carbonyl (C=O) groups excluding carboxylic acids is 2. The Hall–Kier alpha value is -2.81. The minimum absolute atomic E-state index is 0.0291. The summed E-state index contributed by atoms with van der Waals surface area (Å²) in [5, 5.41) is 9.63. The van der Waals surface area contributed by atoms with E-state index >= 15 is 0 Å². The lowest BCUT2D eigenvalue weighted by Crippen LogP contribution is -2.39. The molecule has 0 radical (unpaired) electrons. The van der Waals surface area contributed by atoms with Gasteiger partial charge in [0.05, 0.1) is 39.2 Å². The monoisotopic (exact) mass is 341 g/mol. The van der Waals surface area contributed by atoms with Crippen LogP contribution in [0.4, 0.5) is 10.1 Å². The molecule has 130 valence electrons. The van der Waals surface area contributed by atoms with E-state index in [1.807, 2.05) is 0 Å². The maximum Gasteiger partial charge on any atom is 0.355 e. The summed E-state index contributed by atoms with van der Waals surface area (Å²) in [5.41, 5.74) is -0.0840. The van der Waals surface area contributed by atoms with Crippen LogP contribution < -0.4 is 9.64 Å². The van der Waals surface area contributed by atoms with Gasteiger partial charge in [0.15, 0.2) is 11.6 Å². The van der Waals surface area contributed by atoms with E-state index in [1.54, 1.807) is 0 Å². The van der Waals surface area contributed by atoms with Crippen molar-refractivity contribution in [2.75, 3.05) is 39.6 Å². The zero-order valence-electron chi connectivity index (χ0n) is 13.3. The summed E-state index contributed by atoms with van der Waals surface area (Å²) in [6.45, 7) is -0.310. The van der Waals surface area contributed by atoms with Crippen molar-refractivity contribution in [1.82, 2.24) is 0 Å². The number of methoxy groups -OCH3 is 3. The number of ether oxygens (including phenoxy) is 4. The van der Waals surface area contributed by atoms with Crippen molar-refractivity contribution in [1.29, 1.82) is 0 Å². The number of anilines is 1. The standard InChI is InChI=1S/C15H16FNO7/c1-21-12-4-9(16)11(18)5-10(12)17-7-24-6-8(14(19)22-2)13(17)15(20)23-3/h4-5,18H,6-7H2,1-3H3. The highest BCUT2D eigenvalue weighted by molar-refractivity contribution is 6.03. The number of rotatable bonds is 4. The lowest BCUT2D eigenvalue weighted by molar-refractivity contribution is -0.140. The van der Waals surface area contributed by atoms with Gasteiger partial charge in [-0.25, -0.2) is 14.0 Å². The predicted molar refractivity (Wildman–Crippen MR) is 79.0 cm³/mol. The van der Waals surface area contributed by atoms with Crippen LogP contribution in [0.15, 0.2) is 23.4 Å². The lowest BCUT2D eigenvalue weighted by atomic mass is 10.1. The highest BCUT2D eigenvalue weighted by atomic mass is 19.1. The fourth-order valence-corrected chi connectivity index (χ4v) is 2.24. The van der Waals surface area contributed by atoms with Gasteiger partial charge in [0.2, 0.25) is 0 Å². The van der Waals surface area contributed by atoms with E-state index in [-0.39, 0.29) is 36.0 Å². The van der Waals surface area contributed by atoms with Gasteiger partial charge < -0.3 is 29.0 Å². The van der Waals surface area contributed by atoms with Crippen LogP contribution in [0.5, 0.6) is 11.5 Å². The van der Waals surface area contributed by atoms with Gasteiger partial charge in [0.1, 0.15) is 18.2 Å². The maximum atomic E-state index is 13.5. The summed E-state index contributed by atoms with van der Waals surface area (Å²) >= 11 is 0. The molecule has 0 spiro atoms. The number of esters is 2. The molecule has 8 nitrogen and oxygen atoms in total. The predicted octanol–water partition coefficient (Wildman–Crippen LogP) is 0.934. The van der Waals surface area contributed by atoms with Crippen molar-refractivity contribution in [3.05, 3.63) is 29.2 Å². The van der Waals surface area contributed by atoms with Gasteiger partial charge in [-0.05, 0) is 0 Å². The molecule has 1 N–H and O–H groups in total. The molecular weight excluding hydrogens is 325 g/mol. The molecule has 0 saturated carbocycles. The number of hydrogen-bond acceptors (Lipinski definition) is 8. The lowest BCUT2D eigenvalue weighted by Gasteiger charge is -2.32. The van der Waals surface area contributed by atoms with Crippen molar-refractivity contribution < 1.29 is 38.0 Å². The first-order valence-electron chi connectivity index (χ1n) is 6.76. The van der Waals surface area contributed by atoms with Crippen LogP contribution in [0.3, 0.4) is 0 Å². The number of halogens is 1. The summed E-state index contributed by atoms with van der Waals surface area (Å²) in [7, 11) is 3.60. The second kappa shape index (κ2) is 7.18. The molecule has 0 aliphatic carbocycles. The Labute approximate surface area is 137 Å². The van der Waals surface area contributed by atoms with Gasteiger partial charge in [-0.15, -0.1) is 0 Å². The van der Waals surface area contributed by atoms with E-state index in [2.05, 4.69) is 4.74 Å². The van der Waals surface area contributed by atoms with Gasteiger partial charge in [-0.2, -0.15) is 0 Å². The minimum Gasteiger partial charge on any atom is -0.505 e. The van der Waals surface area contributed by atoms with E-state index in [9.17, 15) is 19.1 Å². The third-order valence-corrected chi connectivity index (χ3v) is 3.37. The summed E-state index contributed by atoms with van der Waals surface area (Å²) in [4.78, 5) is 25.3. The first-order chi connectivity index (χ1) is 11.4. The highest BCUT2D eigenvalue weighted by Gasteiger charge is 2.34. The molecule has 1 aliphatic rings. The van der Waals surface area contributed by atoms with Gasteiger partial charge in [0, 0.05) is 12.1 Å². The number of carbonyl (C=O) groups is 2. The Bertz CT molecular complexity index is 701. The van der Waals surface area contributed by atoms with Crippen molar-refractivity contribution >= 4 is 17.6 Å². The molecule has 2 rings (SSSR count). The van der Waals surface area contributed by atoms with E-state index in [1.165, 1.54) is 12.0 Å². The average molecular weight is 341 g/mol. The molecule has 1 aromatic carbocycles. The highest BCUT2D eigenvalue weighted by Crippen LogP contribution is 2.37. The topological polar surface area (TPSA) is 94.5 Å².